The highest BCUT2D eigenvalue weighted by atomic mass is 16.6. The summed E-state index contributed by atoms with van der Waals surface area (Å²) < 4.78 is 10.7. The number of rotatable bonds is 6. The number of nitrogens with one attached hydrogen (secondary N) is 1. The van der Waals surface area contributed by atoms with Crippen LogP contribution in [0.15, 0.2) is 53.3 Å². The zero-order chi connectivity index (χ0) is 23.1. The van der Waals surface area contributed by atoms with Crippen molar-refractivity contribution in [3.8, 4) is 5.75 Å². The van der Waals surface area contributed by atoms with Gasteiger partial charge in [-0.15, -0.1) is 0 Å². The van der Waals surface area contributed by atoms with Crippen LogP contribution in [0.25, 0.3) is 11.0 Å². The summed E-state index contributed by atoms with van der Waals surface area (Å²) in [4.78, 5) is 23.8. The van der Waals surface area contributed by atoms with Crippen molar-refractivity contribution in [2.75, 3.05) is 0 Å². The number of pyridine rings is 1. The van der Waals surface area contributed by atoms with E-state index in [9.17, 15) is 4.79 Å². The number of fused-ring (bicyclic) bond motifs is 3. The van der Waals surface area contributed by atoms with Crippen molar-refractivity contribution in [1.82, 2.24) is 25.2 Å². The molecule has 8 nitrogen and oxygen atoms in total. The predicted octanol–water partition coefficient (Wildman–Crippen LogP) is 4.46. The second-order valence-corrected chi connectivity index (χ2v) is 9.44. The fourth-order valence-electron chi connectivity index (χ4n) is 5.60. The van der Waals surface area contributed by atoms with Gasteiger partial charge in [0, 0.05) is 29.4 Å². The maximum absolute atomic E-state index is 13.7. The van der Waals surface area contributed by atoms with Gasteiger partial charge in [-0.3, -0.25) is 4.79 Å². The molecule has 0 radical (unpaired) electrons. The standard InChI is InChI=1S/C26H27N5O3/c1-16-23(30-34-29-16)15-33-24-5-3-2-4-22(24)26(32)31-20-8-9-21(31)14-17(13-20)12-19-7-6-18-10-11-27-25(18)28-19/h2-7,10-11,17,20-21H,8-9,12-15H2,1H3,(H,27,28). The summed E-state index contributed by atoms with van der Waals surface area (Å²) in [6.45, 7) is 2.03. The van der Waals surface area contributed by atoms with Crippen LogP contribution in [0.4, 0.5) is 0 Å². The third-order valence-corrected chi connectivity index (χ3v) is 7.26. The van der Waals surface area contributed by atoms with Crippen LogP contribution in [0.1, 0.15) is 53.1 Å². The summed E-state index contributed by atoms with van der Waals surface area (Å²) in [7, 11) is 0. The van der Waals surface area contributed by atoms with Crippen LogP contribution in [0.3, 0.4) is 0 Å². The Hall–Kier alpha value is -3.68. The molecule has 1 aromatic carbocycles. The minimum absolute atomic E-state index is 0.0579. The smallest absolute Gasteiger partial charge is 0.258 e. The zero-order valence-corrected chi connectivity index (χ0v) is 19.1. The molecule has 0 aliphatic carbocycles. The fourth-order valence-corrected chi connectivity index (χ4v) is 5.60. The van der Waals surface area contributed by atoms with Crippen molar-refractivity contribution >= 4 is 16.9 Å². The Labute approximate surface area is 197 Å². The monoisotopic (exact) mass is 457 g/mol. The summed E-state index contributed by atoms with van der Waals surface area (Å²) in [5.41, 5.74) is 3.99. The minimum Gasteiger partial charge on any atom is -0.486 e. The van der Waals surface area contributed by atoms with E-state index in [1.165, 1.54) is 0 Å². The van der Waals surface area contributed by atoms with E-state index in [1.54, 1.807) is 0 Å². The number of benzene rings is 1. The highest BCUT2D eigenvalue weighted by Crippen LogP contribution is 2.41. The van der Waals surface area contributed by atoms with Crippen molar-refractivity contribution in [3.63, 3.8) is 0 Å². The van der Waals surface area contributed by atoms with E-state index in [1.807, 2.05) is 43.5 Å². The summed E-state index contributed by atoms with van der Waals surface area (Å²) >= 11 is 0. The molecule has 1 N–H and O–H groups in total. The second kappa shape index (κ2) is 8.59. The normalized spacial score (nSPS) is 21.8. The number of carbonyl (C=O) groups is 1. The lowest BCUT2D eigenvalue weighted by Gasteiger charge is -2.39. The first-order valence-electron chi connectivity index (χ1n) is 11.9. The van der Waals surface area contributed by atoms with Crippen LogP contribution in [0, 0.1) is 12.8 Å². The summed E-state index contributed by atoms with van der Waals surface area (Å²) in [5.74, 6) is 1.16. The molecule has 3 aromatic heterocycles. The zero-order valence-electron chi connectivity index (χ0n) is 19.1. The topological polar surface area (TPSA) is 97.1 Å². The highest BCUT2D eigenvalue weighted by molar-refractivity contribution is 5.97. The van der Waals surface area contributed by atoms with Crippen LogP contribution in [-0.4, -0.2) is 43.2 Å². The number of aryl methyl sites for hydroxylation is 1. The molecule has 34 heavy (non-hydrogen) atoms. The average Bonchev–Trinajstić information content (AvgIpc) is 3.55. The van der Waals surface area contributed by atoms with Crippen LogP contribution < -0.4 is 4.74 Å². The molecule has 2 unspecified atom stereocenters. The van der Waals surface area contributed by atoms with Crippen LogP contribution in [0.5, 0.6) is 5.75 Å². The molecule has 2 aliphatic heterocycles. The SMILES string of the molecule is Cc1nonc1COc1ccccc1C(=O)N1C2CCC1CC(Cc1ccc3cc[nH]c3n1)C2. The van der Waals surface area contributed by atoms with Crippen molar-refractivity contribution in [2.45, 2.75) is 57.7 Å². The lowest BCUT2D eigenvalue weighted by atomic mass is 9.86. The molecule has 2 fully saturated rings. The lowest BCUT2D eigenvalue weighted by Crippen LogP contribution is -2.47. The Balaban J connectivity index is 1.16. The Morgan fingerprint density at radius 1 is 1.12 bits per heavy atom. The first-order chi connectivity index (χ1) is 16.7. The number of hydrogen-bond acceptors (Lipinski definition) is 6. The van der Waals surface area contributed by atoms with E-state index < -0.39 is 0 Å². The van der Waals surface area contributed by atoms with E-state index in [0.29, 0.717) is 28.6 Å². The molecule has 2 bridgehead atoms. The second-order valence-electron chi connectivity index (χ2n) is 9.44. The predicted molar refractivity (Wildman–Crippen MR) is 125 cm³/mol. The molecule has 0 spiro atoms. The summed E-state index contributed by atoms with van der Waals surface area (Å²) in [6, 6.07) is 14.3. The molecule has 4 aromatic rings. The van der Waals surface area contributed by atoms with Gasteiger partial charge in [0.25, 0.3) is 5.91 Å². The lowest BCUT2D eigenvalue weighted by molar-refractivity contribution is 0.0519. The molecular weight excluding hydrogens is 430 g/mol. The number of nitrogens with zero attached hydrogens (tertiary/aromatic N) is 4. The molecule has 174 valence electrons. The maximum atomic E-state index is 13.7. The number of hydrogen-bond donors (Lipinski definition) is 1. The van der Waals surface area contributed by atoms with E-state index in [2.05, 4.69) is 32.3 Å². The van der Waals surface area contributed by atoms with Crippen molar-refractivity contribution in [3.05, 3.63) is 71.3 Å². The first kappa shape index (κ1) is 20.9. The van der Waals surface area contributed by atoms with Gasteiger partial charge in [0.1, 0.15) is 29.4 Å². The van der Waals surface area contributed by atoms with Gasteiger partial charge in [-0.25, -0.2) is 9.61 Å². The number of ether oxygens (including phenoxy) is 1. The number of aromatic nitrogens is 4. The highest BCUT2D eigenvalue weighted by Gasteiger charge is 2.43. The summed E-state index contributed by atoms with van der Waals surface area (Å²) in [5, 5.41) is 8.80. The Bertz CT molecular complexity index is 1310. The van der Waals surface area contributed by atoms with Gasteiger partial charge in [-0.05, 0) is 75.3 Å². The van der Waals surface area contributed by atoms with Gasteiger partial charge in [-0.2, -0.15) is 0 Å². The van der Waals surface area contributed by atoms with Gasteiger partial charge in [-0.1, -0.05) is 22.4 Å². The van der Waals surface area contributed by atoms with Gasteiger partial charge >= 0.3 is 0 Å². The Kier molecular flexibility index (Phi) is 5.28. The summed E-state index contributed by atoms with van der Waals surface area (Å²) in [6.07, 6.45) is 7.02. The van der Waals surface area contributed by atoms with Crippen molar-refractivity contribution in [2.24, 2.45) is 5.92 Å². The van der Waals surface area contributed by atoms with Crippen molar-refractivity contribution in [1.29, 1.82) is 0 Å². The fraction of sp³-hybridized carbons (Fsp3) is 0.385. The number of amides is 1. The molecule has 5 heterocycles. The Morgan fingerprint density at radius 2 is 1.94 bits per heavy atom. The maximum Gasteiger partial charge on any atom is 0.258 e. The van der Waals surface area contributed by atoms with Crippen LogP contribution in [0.2, 0.25) is 0 Å². The van der Waals surface area contributed by atoms with Gasteiger partial charge in [0.2, 0.25) is 0 Å². The van der Waals surface area contributed by atoms with Gasteiger partial charge in [0.05, 0.1) is 5.56 Å². The number of carbonyl (C=O) groups excluding carboxylic acids is 1. The van der Waals surface area contributed by atoms with E-state index in [0.717, 1.165) is 48.8 Å². The number of piperidine rings is 1. The third-order valence-electron chi connectivity index (χ3n) is 7.26. The molecule has 1 amide bonds. The quantitative estimate of drug-likeness (QED) is 0.459. The molecular formula is C26H27N5O3. The third kappa shape index (κ3) is 3.83. The molecule has 2 atom stereocenters. The number of para-hydroxylation sites is 1. The van der Waals surface area contributed by atoms with E-state index >= 15 is 0 Å². The molecule has 2 aliphatic rings. The van der Waals surface area contributed by atoms with Gasteiger partial charge < -0.3 is 14.6 Å². The van der Waals surface area contributed by atoms with Crippen LogP contribution >= 0.6 is 0 Å². The molecule has 2 saturated heterocycles. The van der Waals surface area contributed by atoms with Crippen LogP contribution in [-0.2, 0) is 13.0 Å². The first-order valence-corrected chi connectivity index (χ1v) is 11.9. The Morgan fingerprint density at radius 3 is 2.74 bits per heavy atom. The molecule has 8 heteroatoms. The number of H-pyrrole nitrogens is 1. The van der Waals surface area contributed by atoms with Gasteiger partial charge in [0.15, 0.2) is 0 Å². The average molecular weight is 458 g/mol. The minimum atomic E-state index is 0.0579. The van der Waals surface area contributed by atoms with Crippen molar-refractivity contribution < 1.29 is 14.2 Å². The number of aromatic amines is 1. The van der Waals surface area contributed by atoms with E-state index in [4.69, 9.17) is 14.3 Å². The molecule has 6 rings (SSSR count). The van der Waals surface area contributed by atoms with E-state index in [-0.39, 0.29) is 24.6 Å². The molecule has 0 saturated carbocycles. The largest absolute Gasteiger partial charge is 0.486 e.